The SMILES string of the molecule is O=C(O)C1=CN(S(=O)(=O)c2ccccc2)C(C(=O)O)(C(=O)O)C1[N+](=O)[O-]. The van der Waals surface area contributed by atoms with Crippen molar-refractivity contribution >= 4 is 27.9 Å². The minimum Gasteiger partial charge on any atom is -0.479 e. The van der Waals surface area contributed by atoms with Gasteiger partial charge >= 0.3 is 23.4 Å². The van der Waals surface area contributed by atoms with Crippen LogP contribution in [-0.4, -0.2) is 62.5 Å². The molecule has 1 heterocycles. The molecule has 0 saturated carbocycles. The highest BCUT2D eigenvalue weighted by atomic mass is 32.2. The number of hydrogen-bond donors (Lipinski definition) is 3. The van der Waals surface area contributed by atoms with Crippen molar-refractivity contribution in [3.05, 3.63) is 52.2 Å². The molecule has 0 fully saturated rings. The molecular formula is C13H10N2O10S. The van der Waals surface area contributed by atoms with Crippen LogP contribution in [-0.2, 0) is 24.4 Å². The summed E-state index contributed by atoms with van der Waals surface area (Å²) in [6.07, 6.45) is 0.153. The van der Waals surface area contributed by atoms with Crippen LogP contribution in [0.5, 0.6) is 0 Å². The minimum atomic E-state index is -4.94. The van der Waals surface area contributed by atoms with Crippen molar-refractivity contribution in [3.63, 3.8) is 0 Å². The first-order chi connectivity index (χ1) is 12.0. The van der Waals surface area contributed by atoms with Gasteiger partial charge in [0.25, 0.3) is 16.1 Å². The fraction of sp³-hybridized carbons (Fsp3) is 0.154. The van der Waals surface area contributed by atoms with Crippen molar-refractivity contribution < 1.29 is 43.0 Å². The van der Waals surface area contributed by atoms with Crippen LogP contribution < -0.4 is 0 Å². The average molecular weight is 386 g/mol. The number of carbonyl (C=O) groups is 3. The first-order valence-electron chi connectivity index (χ1n) is 6.64. The second kappa shape index (κ2) is 6.11. The normalized spacial score (nSPS) is 18.8. The van der Waals surface area contributed by atoms with E-state index < -0.39 is 54.9 Å². The van der Waals surface area contributed by atoms with Gasteiger partial charge in [0.1, 0.15) is 5.57 Å². The van der Waals surface area contributed by atoms with E-state index >= 15 is 0 Å². The Bertz CT molecular complexity index is 923. The van der Waals surface area contributed by atoms with E-state index in [1.807, 2.05) is 0 Å². The molecule has 2 rings (SSSR count). The van der Waals surface area contributed by atoms with E-state index in [1.165, 1.54) is 18.2 Å². The maximum Gasteiger partial charge on any atom is 0.350 e. The second-order valence-corrected chi connectivity index (χ2v) is 6.88. The van der Waals surface area contributed by atoms with E-state index in [-0.39, 0.29) is 10.5 Å². The first kappa shape index (κ1) is 18.9. The highest BCUT2D eigenvalue weighted by Gasteiger charge is 2.72. The predicted octanol–water partition coefficient (Wildman–Crippen LogP) is -0.787. The Morgan fingerprint density at radius 2 is 1.58 bits per heavy atom. The van der Waals surface area contributed by atoms with Gasteiger partial charge in [-0.05, 0) is 12.1 Å². The molecule has 1 aromatic rings. The molecule has 1 unspecified atom stereocenters. The Morgan fingerprint density at radius 3 is 1.96 bits per heavy atom. The minimum absolute atomic E-state index is 0.153. The number of hydrogen-bond acceptors (Lipinski definition) is 7. The van der Waals surface area contributed by atoms with E-state index in [0.29, 0.717) is 0 Å². The molecule has 0 saturated heterocycles. The third-order valence-corrected chi connectivity index (χ3v) is 5.48. The lowest BCUT2D eigenvalue weighted by atomic mass is 9.89. The van der Waals surface area contributed by atoms with Crippen molar-refractivity contribution in [1.29, 1.82) is 0 Å². The van der Waals surface area contributed by atoms with E-state index in [2.05, 4.69) is 0 Å². The van der Waals surface area contributed by atoms with E-state index in [4.69, 9.17) is 5.11 Å². The lowest BCUT2D eigenvalue weighted by Crippen LogP contribution is -2.66. The highest BCUT2D eigenvalue weighted by molar-refractivity contribution is 7.89. The largest absolute Gasteiger partial charge is 0.479 e. The van der Waals surface area contributed by atoms with Gasteiger partial charge < -0.3 is 15.3 Å². The fourth-order valence-electron chi connectivity index (χ4n) is 2.56. The van der Waals surface area contributed by atoms with Gasteiger partial charge in [0.2, 0.25) is 0 Å². The summed E-state index contributed by atoms with van der Waals surface area (Å²) < 4.78 is 25.2. The van der Waals surface area contributed by atoms with Crippen molar-refractivity contribution in [3.8, 4) is 0 Å². The Morgan fingerprint density at radius 1 is 1.08 bits per heavy atom. The molecule has 0 radical (unpaired) electrons. The van der Waals surface area contributed by atoms with Gasteiger partial charge in [0.05, 0.1) is 4.90 Å². The number of carboxylic acid groups (broad SMARTS) is 3. The number of sulfonamides is 1. The maximum absolute atomic E-state index is 12.7. The summed E-state index contributed by atoms with van der Waals surface area (Å²) in [6, 6.07) is 3.05. The van der Waals surface area contributed by atoms with E-state index in [9.17, 15) is 43.1 Å². The molecule has 1 aromatic carbocycles. The van der Waals surface area contributed by atoms with Crippen LogP contribution in [0.4, 0.5) is 0 Å². The lowest BCUT2D eigenvalue weighted by molar-refractivity contribution is -0.518. The molecule has 1 atom stereocenters. The van der Waals surface area contributed by atoms with Gasteiger partial charge in [-0.25, -0.2) is 27.1 Å². The molecule has 0 aromatic heterocycles. The molecule has 0 spiro atoms. The van der Waals surface area contributed by atoms with E-state index in [1.54, 1.807) is 0 Å². The molecule has 3 N–H and O–H groups in total. The summed E-state index contributed by atoms with van der Waals surface area (Å²) in [4.78, 5) is 44.0. The molecule has 13 heteroatoms. The summed E-state index contributed by atoms with van der Waals surface area (Å²) in [5.74, 6) is -6.83. The van der Waals surface area contributed by atoms with Crippen LogP contribution in [0.3, 0.4) is 0 Å². The number of benzene rings is 1. The number of aliphatic carboxylic acids is 3. The number of nitrogens with zero attached hydrogens (tertiary/aromatic N) is 2. The second-order valence-electron chi connectivity index (χ2n) is 5.07. The third-order valence-electron chi connectivity index (χ3n) is 3.70. The van der Waals surface area contributed by atoms with Crippen molar-refractivity contribution in [1.82, 2.24) is 4.31 Å². The van der Waals surface area contributed by atoms with Crippen LogP contribution >= 0.6 is 0 Å². The monoisotopic (exact) mass is 386 g/mol. The molecule has 0 aliphatic carbocycles. The zero-order chi connectivity index (χ0) is 19.9. The molecule has 1 aliphatic rings. The summed E-state index contributed by atoms with van der Waals surface area (Å²) in [7, 11) is -4.94. The molecule has 0 bridgehead atoms. The Hall–Kier alpha value is -3.48. The van der Waals surface area contributed by atoms with Crippen molar-refractivity contribution in [2.75, 3.05) is 0 Å². The number of rotatable bonds is 6. The zero-order valence-corrected chi connectivity index (χ0v) is 13.4. The Balaban J connectivity index is 2.88. The summed E-state index contributed by atoms with van der Waals surface area (Å²) in [5, 5.41) is 39.2. The topological polar surface area (TPSA) is 192 Å². The Labute approximate surface area is 144 Å². The van der Waals surface area contributed by atoms with Crippen molar-refractivity contribution in [2.45, 2.75) is 16.5 Å². The van der Waals surface area contributed by atoms with E-state index in [0.717, 1.165) is 12.1 Å². The molecule has 138 valence electrons. The standard InChI is InChI=1S/C13H10N2O10S/c16-10(17)8-6-14(26(24,25)7-4-2-1-3-5-7)13(11(18)19,12(20)21)9(8)15(22)23/h1-6,9H,(H,16,17)(H,18,19)(H,20,21). The smallest absolute Gasteiger partial charge is 0.350 e. The van der Waals surface area contributed by atoms with Gasteiger partial charge in [-0.2, -0.15) is 0 Å². The maximum atomic E-state index is 12.7. The number of carboxylic acids is 3. The molecular weight excluding hydrogens is 376 g/mol. The zero-order valence-electron chi connectivity index (χ0n) is 12.5. The lowest BCUT2D eigenvalue weighted by Gasteiger charge is -2.31. The molecule has 12 nitrogen and oxygen atoms in total. The molecule has 0 amide bonds. The quantitative estimate of drug-likeness (QED) is 0.317. The summed E-state index contributed by atoms with van der Waals surface area (Å²) >= 11 is 0. The van der Waals surface area contributed by atoms with Gasteiger partial charge in [-0.1, -0.05) is 18.2 Å². The van der Waals surface area contributed by atoms with Crippen LogP contribution in [0.15, 0.2) is 47.0 Å². The van der Waals surface area contributed by atoms with Crippen LogP contribution in [0.2, 0.25) is 0 Å². The predicted molar refractivity (Wildman–Crippen MR) is 80.0 cm³/mol. The summed E-state index contributed by atoms with van der Waals surface area (Å²) in [5.41, 5.74) is -4.99. The third kappa shape index (κ3) is 2.45. The van der Waals surface area contributed by atoms with Gasteiger partial charge in [0, 0.05) is 11.1 Å². The average Bonchev–Trinajstić information content (AvgIpc) is 2.94. The highest BCUT2D eigenvalue weighted by Crippen LogP contribution is 2.39. The van der Waals surface area contributed by atoms with Crippen LogP contribution in [0.1, 0.15) is 0 Å². The van der Waals surface area contributed by atoms with Gasteiger partial charge in [0.15, 0.2) is 0 Å². The Kier molecular flexibility index (Phi) is 4.43. The first-order valence-corrected chi connectivity index (χ1v) is 8.08. The molecule has 26 heavy (non-hydrogen) atoms. The van der Waals surface area contributed by atoms with Crippen LogP contribution in [0, 0.1) is 10.1 Å². The van der Waals surface area contributed by atoms with Gasteiger partial charge in [-0.15, -0.1) is 0 Å². The fourth-order valence-corrected chi connectivity index (χ4v) is 4.18. The molecule has 1 aliphatic heterocycles. The van der Waals surface area contributed by atoms with Crippen molar-refractivity contribution in [2.24, 2.45) is 0 Å². The number of nitro groups is 1. The van der Waals surface area contributed by atoms with Crippen LogP contribution in [0.25, 0.3) is 0 Å². The summed E-state index contributed by atoms with van der Waals surface area (Å²) in [6.45, 7) is 0. The van der Waals surface area contributed by atoms with Gasteiger partial charge in [-0.3, -0.25) is 10.1 Å².